The van der Waals surface area contributed by atoms with E-state index >= 15 is 0 Å². The number of carbonyl (C=O) groups excluding carboxylic acids is 2. The average Bonchev–Trinajstić information content (AvgIpc) is 2.56. The van der Waals surface area contributed by atoms with Crippen molar-refractivity contribution in [2.75, 3.05) is 23.7 Å². The maximum atomic E-state index is 12.5. The zero-order valence-electron chi connectivity index (χ0n) is 11.9. The number of Topliss-reactive ketones (excluding diaryl/α,β-unsaturated/α-hetero) is 1. The minimum atomic E-state index is -3.52. The van der Waals surface area contributed by atoms with E-state index in [1.165, 1.54) is 10.4 Å². The molecule has 7 heteroatoms. The minimum Gasteiger partial charge on any atom is -0.465 e. The molecule has 1 aliphatic rings. The zero-order valence-corrected chi connectivity index (χ0v) is 12.7. The van der Waals surface area contributed by atoms with Gasteiger partial charge in [-0.15, -0.1) is 0 Å². The SMILES string of the molecule is CCOC(=O)C1CCN(S(C)(=O)=O)c2ccccc2C1=O. The number of fused-ring (bicyclic) bond motifs is 1. The molecule has 0 amide bonds. The summed E-state index contributed by atoms with van der Waals surface area (Å²) < 4.78 is 29.9. The molecule has 0 aliphatic carbocycles. The summed E-state index contributed by atoms with van der Waals surface area (Å²) in [5.41, 5.74) is 0.551. The van der Waals surface area contributed by atoms with Crippen LogP contribution in [0.4, 0.5) is 5.69 Å². The summed E-state index contributed by atoms with van der Waals surface area (Å²) >= 11 is 0. The summed E-state index contributed by atoms with van der Waals surface area (Å²) in [7, 11) is -3.52. The van der Waals surface area contributed by atoms with E-state index in [-0.39, 0.29) is 25.1 Å². The molecule has 1 heterocycles. The van der Waals surface area contributed by atoms with Crippen molar-refractivity contribution >= 4 is 27.5 Å². The molecule has 1 aliphatic heterocycles. The van der Waals surface area contributed by atoms with Gasteiger partial charge in [-0.05, 0) is 25.5 Å². The molecule has 0 N–H and O–H groups in total. The molecule has 1 aromatic carbocycles. The Hall–Kier alpha value is -1.89. The Morgan fingerprint density at radius 3 is 2.67 bits per heavy atom. The first-order chi connectivity index (χ1) is 9.86. The number of benzene rings is 1. The van der Waals surface area contributed by atoms with Crippen molar-refractivity contribution in [3.8, 4) is 0 Å². The number of hydrogen-bond acceptors (Lipinski definition) is 5. The molecule has 21 heavy (non-hydrogen) atoms. The highest BCUT2D eigenvalue weighted by molar-refractivity contribution is 7.92. The van der Waals surface area contributed by atoms with Gasteiger partial charge in [0.05, 0.1) is 18.6 Å². The Kier molecular flexibility index (Phi) is 4.32. The second-order valence-electron chi connectivity index (χ2n) is 4.81. The minimum absolute atomic E-state index is 0.0745. The number of nitrogens with zero attached hydrogens (tertiary/aromatic N) is 1. The fraction of sp³-hybridized carbons (Fsp3) is 0.429. The van der Waals surface area contributed by atoms with Crippen LogP contribution < -0.4 is 4.31 Å². The van der Waals surface area contributed by atoms with E-state index in [1.54, 1.807) is 25.1 Å². The summed E-state index contributed by atoms with van der Waals surface area (Å²) in [6.07, 6.45) is 1.19. The van der Waals surface area contributed by atoms with Crippen LogP contribution in [0.2, 0.25) is 0 Å². The Morgan fingerprint density at radius 2 is 2.05 bits per heavy atom. The van der Waals surface area contributed by atoms with Crippen LogP contribution in [0.25, 0.3) is 0 Å². The summed E-state index contributed by atoms with van der Waals surface area (Å²) in [5, 5.41) is 0. The maximum Gasteiger partial charge on any atom is 0.316 e. The van der Waals surface area contributed by atoms with Gasteiger partial charge >= 0.3 is 5.97 Å². The highest BCUT2D eigenvalue weighted by Crippen LogP contribution is 2.30. The van der Waals surface area contributed by atoms with Gasteiger partial charge in [0, 0.05) is 12.1 Å². The van der Waals surface area contributed by atoms with Gasteiger partial charge in [-0.2, -0.15) is 0 Å². The van der Waals surface area contributed by atoms with Crippen LogP contribution in [0.5, 0.6) is 0 Å². The second-order valence-corrected chi connectivity index (χ2v) is 6.72. The van der Waals surface area contributed by atoms with E-state index in [0.29, 0.717) is 5.69 Å². The van der Waals surface area contributed by atoms with Gasteiger partial charge < -0.3 is 4.74 Å². The molecule has 0 radical (unpaired) electrons. The predicted octanol–water partition coefficient (Wildman–Crippen LogP) is 1.22. The number of anilines is 1. The normalized spacial score (nSPS) is 18.9. The van der Waals surface area contributed by atoms with E-state index in [9.17, 15) is 18.0 Å². The molecule has 0 fully saturated rings. The summed E-state index contributed by atoms with van der Waals surface area (Å²) in [5.74, 6) is -1.96. The second kappa shape index (κ2) is 5.85. The number of sulfonamides is 1. The first-order valence-corrected chi connectivity index (χ1v) is 8.48. The topological polar surface area (TPSA) is 80.8 Å². The Labute approximate surface area is 123 Å². The third-order valence-electron chi connectivity index (χ3n) is 3.35. The molecule has 0 saturated heterocycles. The van der Waals surface area contributed by atoms with Gasteiger partial charge in [-0.3, -0.25) is 13.9 Å². The van der Waals surface area contributed by atoms with E-state index in [4.69, 9.17) is 4.74 Å². The quantitative estimate of drug-likeness (QED) is 0.619. The lowest BCUT2D eigenvalue weighted by Crippen LogP contribution is -2.32. The number of hydrogen-bond donors (Lipinski definition) is 0. The standard InChI is InChI=1S/C14H17NO5S/c1-3-20-14(17)11-8-9-15(21(2,18)19)12-7-5-4-6-10(12)13(11)16/h4-7,11H,3,8-9H2,1-2H3. The average molecular weight is 311 g/mol. The van der Waals surface area contributed by atoms with Crippen molar-refractivity contribution in [3.05, 3.63) is 29.8 Å². The van der Waals surface area contributed by atoms with Gasteiger partial charge in [0.2, 0.25) is 10.0 Å². The highest BCUT2D eigenvalue weighted by atomic mass is 32.2. The van der Waals surface area contributed by atoms with Crippen molar-refractivity contribution in [2.24, 2.45) is 5.92 Å². The highest BCUT2D eigenvalue weighted by Gasteiger charge is 2.36. The smallest absolute Gasteiger partial charge is 0.316 e. The molecule has 0 aromatic heterocycles. The van der Waals surface area contributed by atoms with Gasteiger partial charge in [-0.25, -0.2) is 8.42 Å². The molecular formula is C14H17NO5S. The van der Waals surface area contributed by atoms with Crippen molar-refractivity contribution in [3.63, 3.8) is 0 Å². The van der Waals surface area contributed by atoms with Crippen LogP contribution in [0, 0.1) is 5.92 Å². The lowest BCUT2D eigenvalue weighted by atomic mass is 9.95. The van der Waals surface area contributed by atoms with Gasteiger partial charge in [0.25, 0.3) is 0 Å². The number of carbonyl (C=O) groups is 2. The van der Waals surface area contributed by atoms with E-state index in [2.05, 4.69) is 0 Å². The summed E-state index contributed by atoms with van der Waals surface area (Å²) in [6.45, 7) is 1.92. The largest absolute Gasteiger partial charge is 0.465 e. The molecular weight excluding hydrogens is 294 g/mol. The molecule has 0 bridgehead atoms. The Morgan fingerprint density at radius 1 is 1.38 bits per heavy atom. The molecule has 1 unspecified atom stereocenters. The molecule has 2 rings (SSSR count). The van der Waals surface area contributed by atoms with Crippen molar-refractivity contribution in [2.45, 2.75) is 13.3 Å². The summed E-state index contributed by atoms with van der Waals surface area (Å²) in [6, 6.07) is 6.41. The lowest BCUT2D eigenvalue weighted by molar-refractivity contribution is -0.146. The number of esters is 1. The molecule has 114 valence electrons. The van der Waals surface area contributed by atoms with Crippen LogP contribution in [0.1, 0.15) is 23.7 Å². The predicted molar refractivity (Wildman–Crippen MR) is 77.7 cm³/mol. The van der Waals surface area contributed by atoms with E-state index in [1.807, 2.05) is 0 Å². The number of para-hydroxylation sites is 1. The van der Waals surface area contributed by atoms with Crippen LogP contribution in [0.3, 0.4) is 0 Å². The lowest BCUT2D eigenvalue weighted by Gasteiger charge is -2.21. The molecule has 1 atom stereocenters. The maximum absolute atomic E-state index is 12.5. The van der Waals surface area contributed by atoms with Gasteiger partial charge in [0.1, 0.15) is 5.92 Å². The fourth-order valence-corrected chi connectivity index (χ4v) is 3.35. The molecule has 0 spiro atoms. The van der Waals surface area contributed by atoms with Crippen molar-refractivity contribution in [1.82, 2.24) is 0 Å². The number of ketones is 1. The molecule has 0 saturated carbocycles. The first-order valence-electron chi connectivity index (χ1n) is 6.64. The Balaban J connectivity index is 2.49. The van der Waals surface area contributed by atoms with Crippen molar-refractivity contribution in [1.29, 1.82) is 0 Å². The first kappa shape index (κ1) is 15.5. The third kappa shape index (κ3) is 3.07. The van der Waals surface area contributed by atoms with Crippen LogP contribution in [-0.2, 0) is 19.6 Å². The van der Waals surface area contributed by atoms with Crippen LogP contribution in [-0.4, -0.2) is 39.6 Å². The monoisotopic (exact) mass is 311 g/mol. The molecule has 1 aromatic rings. The number of rotatable bonds is 3. The molecule has 6 nitrogen and oxygen atoms in total. The van der Waals surface area contributed by atoms with Gasteiger partial charge in [-0.1, -0.05) is 12.1 Å². The van der Waals surface area contributed by atoms with Crippen LogP contribution in [0.15, 0.2) is 24.3 Å². The van der Waals surface area contributed by atoms with Gasteiger partial charge in [0.15, 0.2) is 5.78 Å². The fourth-order valence-electron chi connectivity index (χ4n) is 2.40. The third-order valence-corrected chi connectivity index (χ3v) is 4.53. The van der Waals surface area contributed by atoms with E-state index < -0.39 is 27.7 Å². The zero-order chi connectivity index (χ0) is 15.6. The van der Waals surface area contributed by atoms with E-state index in [0.717, 1.165) is 6.26 Å². The Bertz CT molecular complexity index is 668. The van der Waals surface area contributed by atoms with Crippen molar-refractivity contribution < 1.29 is 22.7 Å². The summed E-state index contributed by atoms with van der Waals surface area (Å²) in [4.78, 5) is 24.4. The van der Waals surface area contributed by atoms with Crippen LogP contribution >= 0.6 is 0 Å². The number of ether oxygens (including phenoxy) is 1.